The van der Waals surface area contributed by atoms with E-state index in [4.69, 9.17) is 9.15 Å². The summed E-state index contributed by atoms with van der Waals surface area (Å²) in [6, 6.07) is 11.3. The van der Waals surface area contributed by atoms with Crippen molar-refractivity contribution < 1.29 is 39.5 Å². The van der Waals surface area contributed by atoms with Crippen molar-refractivity contribution in [1.82, 2.24) is 0 Å². The van der Waals surface area contributed by atoms with E-state index >= 15 is 0 Å². The van der Waals surface area contributed by atoms with Gasteiger partial charge in [0.2, 0.25) is 11.2 Å². The molecular weight excluding hydrogens is 524 g/mol. The maximum Gasteiger partial charge on any atom is 0.306 e. The topological polar surface area (TPSA) is 158 Å². The molecule has 180 valence electrons. The zero-order valence-corrected chi connectivity index (χ0v) is 19.7. The molecule has 0 saturated heterocycles. The van der Waals surface area contributed by atoms with Crippen molar-refractivity contribution in [3.63, 3.8) is 0 Å². The van der Waals surface area contributed by atoms with Crippen molar-refractivity contribution in [2.45, 2.75) is 12.3 Å². The molecule has 0 radical (unpaired) electrons. The highest BCUT2D eigenvalue weighted by molar-refractivity contribution is 9.10. The van der Waals surface area contributed by atoms with Crippen LogP contribution in [0.1, 0.15) is 23.5 Å². The third kappa shape index (κ3) is 4.35. The number of ether oxygens (including phenoxy) is 1. The predicted octanol–water partition coefficient (Wildman–Crippen LogP) is 4.45. The van der Waals surface area contributed by atoms with Gasteiger partial charge in [-0.2, -0.15) is 0 Å². The number of phenols is 4. The molecule has 10 heteroatoms. The van der Waals surface area contributed by atoms with Crippen molar-refractivity contribution >= 4 is 32.9 Å². The summed E-state index contributed by atoms with van der Waals surface area (Å²) in [4.78, 5) is 25.4. The standard InChI is InChI=1S/C25H19BrO9/c1-34-19(31)9-14(11-3-2-4-13(26)7-11)20-17(29)10-18(30)21-22(32)23(33)24(35-25(20)21)12-5-6-15(27)16(28)8-12/h2-8,10,14,27-30,33H,9H2,1H3/t14-/m0/s1. The van der Waals surface area contributed by atoms with Gasteiger partial charge in [0.05, 0.1) is 13.5 Å². The molecule has 0 unspecified atom stereocenters. The summed E-state index contributed by atoms with van der Waals surface area (Å²) in [5.41, 5.74) is -0.674. The van der Waals surface area contributed by atoms with E-state index in [1.807, 2.05) is 0 Å². The number of fused-ring (bicyclic) bond motifs is 1. The molecule has 4 rings (SSSR count). The molecule has 1 aromatic heterocycles. The van der Waals surface area contributed by atoms with Crippen molar-refractivity contribution in [2.75, 3.05) is 7.11 Å². The molecule has 0 aliphatic rings. The molecule has 0 aliphatic carbocycles. The van der Waals surface area contributed by atoms with Crippen LogP contribution < -0.4 is 5.43 Å². The lowest BCUT2D eigenvalue weighted by atomic mass is 9.86. The molecule has 0 saturated carbocycles. The van der Waals surface area contributed by atoms with Crippen LogP contribution in [0.5, 0.6) is 28.7 Å². The Bertz CT molecular complexity index is 1520. The third-order valence-corrected chi connectivity index (χ3v) is 6.07. The number of phenolic OH excluding ortho intramolecular Hbond substituents is 4. The van der Waals surface area contributed by atoms with E-state index in [1.165, 1.54) is 13.2 Å². The number of hydrogen-bond donors (Lipinski definition) is 5. The van der Waals surface area contributed by atoms with Gasteiger partial charge in [-0.15, -0.1) is 0 Å². The third-order valence-electron chi connectivity index (χ3n) is 5.57. The Kier molecular flexibility index (Phi) is 6.31. The Balaban J connectivity index is 2.09. The van der Waals surface area contributed by atoms with Crippen LogP contribution in [-0.2, 0) is 9.53 Å². The first kappa shape index (κ1) is 24.0. The number of esters is 1. The normalized spacial score (nSPS) is 11.9. The first-order chi connectivity index (χ1) is 16.6. The molecule has 0 spiro atoms. The van der Waals surface area contributed by atoms with Crippen LogP contribution in [0.3, 0.4) is 0 Å². The summed E-state index contributed by atoms with van der Waals surface area (Å²) in [7, 11) is 1.21. The number of methoxy groups -OCH3 is 1. The minimum absolute atomic E-state index is 0.00245. The summed E-state index contributed by atoms with van der Waals surface area (Å²) in [5, 5.41) is 50.9. The highest BCUT2D eigenvalue weighted by Gasteiger charge is 2.30. The lowest BCUT2D eigenvalue weighted by molar-refractivity contribution is -0.140. The Morgan fingerprint density at radius 2 is 1.71 bits per heavy atom. The Hall–Kier alpha value is -4.18. The SMILES string of the molecule is COC(=O)C[C@@H](c1cccc(Br)c1)c1c(O)cc(O)c2c(=O)c(O)c(-c3ccc(O)c(O)c3)oc12. The summed E-state index contributed by atoms with van der Waals surface area (Å²) in [5.74, 6) is -4.79. The summed E-state index contributed by atoms with van der Waals surface area (Å²) < 4.78 is 11.4. The average Bonchev–Trinajstić information content (AvgIpc) is 2.81. The van der Waals surface area contributed by atoms with E-state index in [2.05, 4.69) is 15.9 Å². The molecule has 1 heterocycles. The smallest absolute Gasteiger partial charge is 0.306 e. The second-order valence-electron chi connectivity index (χ2n) is 7.73. The van der Waals surface area contributed by atoms with Gasteiger partial charge in [0, 0.05) is 27.6 Å². The molecule has 0 fully saturated rings. The quantitative estimate of drug-likeness (QED) is 0.181. The summed E-state index contributed by atoms with van der Waals surface area (Å²) in [6.45, 7) is 0. The van der Waals surface area contributed by atoms with Crippen molar-refractivity contribution in [1.29, 1.82) is 0 Å². The minimum atomic E-state index is -1.00. The van der Waals surface area contributed by atoms with Gasteiger partial charge in [0.1, 0.15) is 22.5 Å². The van der Waals surface area contributed by atoms with E-state index in [1.54, 1.807) is 24.3 Å². The minimum Gasteiger partial charge on any atom is -0.507 e. The average molecular weight is 543 g/mol. The van der Waals surface area contributed by atoms with E-state index in [9.17, 15) is 35.1 Å². The second-order valence-corrected chi connectivity index (χ2v) is 8.65. The molecule has 0 bridgehead atoms. The molecule has 0 amide bonds. The fourth-order valence-electron chi connectivity index (χ4n) is 3.90. The van der Waals surface area contributed by atoms with Crippen LogP contribution in [0.15, 0.2) is 62.2 Å². The molecule has 35 heavy (non-hydrogen) atoms. The van der Waals surface area contributed by atoms with Gasteiger partial charge >= 0.3 is 5.97 Å². The van der Waals surface area contributed by atoms with Gasteiger partial charge in [-0.25, -0.2) is 0 Å². The van der Waals surface area contributed by atoms with Crippen LogP contribution >= 0.6 is 15.9 Å². The highest BCUT2D eigenvalue weighted by atomic mass is 79.9. The maximum absolute atomic E-state index is 13.1. The van der Waals surface area contributed by atoms with Crippen LogP contribution in [0.25, 0.3) is 22.3 Å². The van der Waals surface area contributed by atoms with Crippen molar-refractivity contribution in [2.24, 2.45) is 0 Å². The van der Waals surface area contributed by atoms with Crippen LogP contribution in [-0.4, -0.2) is 38.6 Å². The summed E-state index contributed by atoms with van der Waals surface area (Å²) in [6.07, 6.45) is -0.250. The lowest BCUT2D eigenvalue weighted by Gasteiger charge is -2.20. The number of aromatic hydroxyl groups is 5. The lowest BCUT2D eigenvalue weighted by Crippen LogP contribution is -2.12. The molecular formula is C25H19BrO9. The first-order valence-corrected chi connectivity index (χ1v) is 11.0. The molecule has 1 atom stereocenters. The molecule has 5 N–H and O–H groups in total. The predicted molar refractivity (Wildman–Crippen MR) is 129 cm³/mol. The number of carbonyl (C=O) groups excluding carboxylic acids is 1. The largest absolute Gasteiger partial charge is 0.507 e. The maximum atomic E-state index is 13.1. The number of carbonyl (C=O) groups is 1. The van der Waals surface area contributed by atoms with Gasteiger partial charge in [0.15, 0.2) is 17.3 Å². The number of halogens is 1. The number of benzene rings is 3. The molecule has 0 aliphatic heterocycles. The van der Waals surface area contributed by atoms with Crippen molar-refractivity contribution in [3.05, 3.63) is 74.4 Å². The van der Waals surface area contributed by atoms with Crippen LogP contribution in [0.2, 0.25) is 0 Å². The van der Waals surface area contributed by atoms with Crippen molar-refractivity contribution in [3.8, 4) is 40.1 Å². The fourth-order valence-corrected chi connectivity index (χ4v) is 4.32. The zero-order chi connectivity index (χ0) is 25.4. The number of rotatable bonds is 5. The Morgan fingerprint density at radius 3 is 2.37 bits per heavy atom. The van der Waals surface area contributed by atoms with Gasteiger partial charge < -0.3 is 34.7 Å². The zero-order valence-electron chi connectivity index (χ0n) is 18.2. The van der Waals surface area contributed by atoms with E-state index in [0.717, 1.165) is 18.2 Å². The van der Waals surface area contributed by atoms with Gasteiger partial charge in [-0.3, -0.25) is 9.59 Å². The fraction of sp³-hybridized carbons (Fsp3) is 0.120. The first-order valence-electron chi connectivity index (χ1n) is 10.2. The van der Waals surface area contributed by atoms with E-state index in [-0.39, 0.29) is 28.9 Å². The van der Waals surface area contributed by atoms with Gasteiger partial charge in [-0.1, -0.05) is 28.1 Å². The Labute approximate surface area is 206 Å². The van der Waals surface area contributed by atoms with E-state index < -0.39 is 51.4 Å². The van der Waals surface area contributed by atoms with Gasteiger partial charge in [-0.05, 0) is 35.9 Å². The van der Waals surface area contributed by atoms with Crippen LogP contribution in [0, 0.1) is 0 Å². The molecule has 3 aromatic carbocycles. The van der Waals surface area contributed by atoms with Crippen LogP contribution in [0.4, 0.5) is 0 Å². The summed E-state index contributed by atoms with van der Waals surface area (Å²) >= 11 is 3.37. The Morgan fingerprint density at radius 1 is 0.971 bits per heavy atom. The van der Waals surface area contributed by atoms with Gasteiger partial charge in [0.25, 0.3) is 0 Å². The second kappa shape index (κ2) is 9.22. The monoisotopic (exact) mass is 542 g/mol. The highest BCUT2D eigenvalue weighted by Crippen LogP contribution is 2.45. The molecule has 9 nitrogen and oxygen atoms in total. The number of hydrogen-bond acceptors (Lipinski definition) is 9. The molecule has 4 aromatic rings. The van der Waals surface area contributed by atoms with E-state index in [0.29, 0.717) is 10.0 Å².